The van der Waals surface area contributed by atoms with Crippen LogP contribution in [0.2, 0.25) is 0 Å². The molecule has 0 aromatic heterocycles. The van der Waals surface area contributed by atoms with Gasteiger partial charge in [-0.15, -0.1) is 0 Å². The van der Waals surface area contributed by atoms with Crippen LogP contribution in [0.5, 0.6) is 0 Å². The topological polar surface area (TPSA) is 44.7 Å². The number of nitrogens with one attached hydrogen (secondary N) is 1. The third-order valence-electron chi connectivity index (χ3n) is 4.89. The highest BCUT2D eigenvalue weighted by molar-refractivity contribution is 9.10. The van der Waals surface area contributed by atoms with Crippen molar-refractivity contribution in [3.05, 3.63) is 28.7 Å². The summed E-state index contributed by atoms with van der Waals surface area (Å²) in [4.78, 5) is 19.8. The normalized spacial score (nSPS) is 19.3. The minimum atomic E-state index is -0.0233. The average molecular weight is 392 g/mol. The quantitative estimate of drug-likeness (QED) is 0.701. The Morgan fingerprint density at radius 3 is 2.50 bits per heavy atom. The van der Waals surface area contributed by atoms with Crippen molar-refractivity contribution in [2.24, 2.45) is 4.99 Å². The number of nitrogens with zero attached hydrogens (tertiary/aromatic N) is 2. The molecule has 3 rings (SSSR count). The van der Waals surface area contributed by atoms with Crippen LogP contribution in [0.1, 0.15) is 57.8 Å². The second kappa shape index (κ2) is 8.65. The Labute approximate surface area is 152 Å². The maximum atomic E-state index is 13.0. The molecule has 0 unspecified atom stereocenters. The fourth-order valence-corrected chi connectivity index (χ4v) is 3.87. The van der Waals surface area contributed by atoms with E-state index < -0.39 is 0 Å². The molecule has 1 aliphatic heterocycles. The smallest absolute Gasteiger partial charge is 0.308 e. The summed E-state index contributed by atoms with van der Waals surface area (Å²) in [5, 5.41) is 3.07. The van der Waals surface area contributed by atoms with Gasteiger partial charge in [0.1, 0.15) is 5.84 Å². The summed E-state index contributed by atoms with van der Waals surface area (Å²) in [7, 11) is 0. The van der Waals surface area contributed by atoms with Crippen LogP contribution in [0.3, 0.4) is 0 Å². The molecule has 1 fully saturated rings. The number of amidine groups is 1. The number of urea groups is 1. The molecule has 1 aromatic rings. The predicted molar refractivity (Wildman–Crippen MR) is 103 cm³/mol. The minimum absolute atomic E-state index is 0.0233. The molecular weight excluding hydrogens is 366 g/mol. The van der Waals surface area contributed by atoms with Gasteiger partial charge in [-0.05, 0) is 49.9 Å². The number of carbonyl (C=O) groups is 1. The van der Waals surface area contributed by atoms with Crippen molar-refractivity contribution in [1.29, 1.82) is 0 Å². The van der Waals surface area contributed by atoms with Gasteiger partial charge in [-0.25, -0.2) is 4.79 Å². The summed E-state index contributed by atoms with van der Waals surface area (Å²) >= 11 is 3.43. The van der Waals surface area contributed by atoms with Crippen LogP contribution in [0.4, 0.5) is 10.5 Å². The molecule has 0 spiro atoms. The number of amides is 2. The lowest BCUT2D eigenvalue weighted by molar-refractivity contribution is 0.206. The lowest BCUT2D eigenvalue weighted by Crippen LogP contribution is -2.47. The molecule has 5 heteroatoms. The van der Waals surface area contributed by atoms with Crippen molar-refractivity contribution >= 4 is 33.5 Å². The first-order valence-corrected chi connectivity index (χ1v) is 9.92. The van der Waals surface area contributed by atoms with Crippen molar-refractivity contribution in [3.63, 3.8) is 0 Å². The van der Waals surface area contributed by atoms with E-state index in [0.29, 0.717) is 6.04 Å². The van der Waals surface area contributed by atoms with Crippen molar-refractivity contribution in [2.45, 2.75) is 63.8 Å². The number of halogens is 1. The lowest BCUT2D eigenvalue weighted by Gasteiger charge is -2.35. The number of benzene rings is 1. The third-order valence-corrected chi connectivity index (χ3v) is 5.41. The van der Waals surface area contributed by atoms with Crippen molar-refractivity contribution < 1.29 is 4.79 Å². The van der Waals surface area contributed by atoms with Crippen LogP contribution < -0.4 is 5.32 Å². The number of hydrogen-bond donors (Lipinski definition) is 1. The Morgan fingerprint density at radius 1 is 1.04 bits per heavy atom. The fraction of sp³-hybridized carbons (Fsp3) is 0.579. The lowest BCUT2D eigenvalue weighted by atomic mass is 9.94. The Balaban J connectivity index is 1.78. The van der Waals surface area contributed by atoms with Crippen LogP contribution in [-0.4, -0.2) is 29.4 Å². The Kier molecular flexibility index (Phi) is 6.30. The van der Waals surface area contributed by atoms with Gasteiger partial charge in [-0.1, -0.05) is 41.6 Å². The molecular formula is C19H26BrN3O. The van der Waals surface area contributed by atoms with Gasteiger partial charge in [0.2, 0.25) is 0 Å². The molecule has 4 nitrogen and oxygen atoms in total. The Hall–Kier alpha value is -1.36. The number of carbonyl (C=O) groups excluding carboxylic acids is 1. The summed E-state index contributed by atoms with van der Waals surface area (Å²) in [5.74, 6) is 0.994. The summed E-state index contributed by atoms with van der Waals surface area (Å²) in [6.07, 6.45) is 10.3. The van der Waals surface area contributed by atoms with Crippen molar-refractivity contribution in [1.82, 2.24) is 4.90 Å². The Morgan fingerprint density at radius 2 is 1.75 bits per heavy atom. The molecule has 0 saturated heterocycles. The summed E-state index contributed by atoms with van der Waals surface area (Å²) in [5.41, 5.74) is 0.832. The zero-order valence-electron chi connectivity index (χ0n) is 14.1. The van der Waals surface area contributed by atoms with Gasteiger partial charge in [0, 0.05) is 29.2 Å². The molecule has 0 radical (unpaired) electrons. The highest BCUT2D eigenvalue weighted by atomic mass is 79.9. The molecule has 2 aliphatic rings. The first kappa shape index (κ1) is 17.5. The molecule has 1 heterocycles. The highest BCUT2D eigenvalue weighted by Crippen LogP contribution is 2.26. The average Bonchev–Trinajstić information content (AvgIpc) is 2.87. The van der Waals surface area contributed by atoms with Crippen molar-refractivity contribution in [3.8, 4) is 0 Å². The molecule has 1 aromatic carbocycles. The third kappa shape index (κ3) is 4.59. The maximum absolute atomic E-state index is 13.0. The molecule has 24 heavy (non-hydrogen) atoms. The van der Waals surface area contributed by atoms with Gasteiger partial charge in [-0.3, -0.25) is 9.89 Å². The van der Waals surface area contributed by atoms with E-state index in [4.69, 9.17) is 4.99 Å². The number of aliphatic imine (C=N–C) groups is 1. The van der Waals surface area contributed by atoms with Crippen LogP contribution in [0.25, 0.3) is 0 Å². The van der Waals surface area contributed by atoms with Gasteiger partial charge >= 0.3 is 6.03 Å². The van der Waals surface area contributed by atoms with E-state index in [1.807, 2.05) is 29.2 Å². The van der Waals surface area contributed by atoms with Crippen LogP contribution >= 0.6 is 15.9 Å². The van der Waals surface area contributed by atoms with Gasteiger partial charge in [0.05, 0.1) is 0 Å². The molecule has 1 saturated carbocycles. The zero-order chi connectivity index (χ0) is 16.8. The van der Waals surface area contributed by atoms with E-state index in [1.54, 1.807) is 0 Å². The second-order valence-corrected chi connectivity index (χ2v) is 7.62. The van der Waals surface area contributed by atoms with Crippen molar-refractivity contribution in [2.75, 3.05) is 11.9 Å². The van der Waals surface area contributed by atoms with E-state index in [0.717, 1.165) is 54.6 Å². The molecule has 1 aliphatic carbocycles. The summed E-state index contributed by atoms with van der Waals surface area (Å²) in [6, 6.07) is 8.02. The van der Waals surface area contributed by atoms with E-state index in [9.17, 15) is 4.79 Å². The first-order chi connectivity index (χ1) is 11.7. The van der Waals surface area contributed by atoms with E-state index in [1.165, 1.54) is 25.7 Å². The molecule has 1 N–H and O–H groups in total. The summed E-state index contributed by atoms with van der Waals surface area (Å²) in [6.45, 7) is 0.851. The van der Waals surface area contributed by atoms with Gasteiger partial charge in [0.25, 0.3) is 0 Å². The number of hydrogen-bond acceptors (Lipinski definition) is 2. The van der Waals surface area contributed by atoms with Gasteiger partial charge < -0.3 is 5.32 Å². The maximum Gasteiger partial charge on any atom is 0.327 e. The van der Waals surface area contributed by atoms with E-state index in [2.05, 4.69) is 21.2 Å². The number of anilines is 1. The van der Waals surface area contributed by atoms with E-state index in [-0.39, 0.29) is 6.03 Å². The highest BCUT2D eigenvalue weighted by Gasteiger charge is 2.29. The van der Waals surface area contributed by atoms with Crippen LogP contribution in [0.15, 0.2) is 33.7 Å². The monoisotopic (exact) mass is 391 g/mol. The first-order valence-electron chi connectivity index (χ1n) is 9.13. The molecule has 2 amide bonds. The molecule has 0 bridgehead atoms. The van der Waals surface area contributed by atoms with E-state index >= 15 is 0 Å². The Bertz CT molecular complexity index is 579. The fourth-order valence-electron chi connectivity index (χ4n) is 3.61. The standard InChI is InChI=1S/C19H26BrN3O/c20-15-10-12-16(13-11-15)22-19(24)23(17-7-3-1-4-8-17)18-9-5-2-6-14-21-18/h10-13,17H,1-9,14H2,(H,22,24). The van der Waals surface area contributed by atoms with Gasteiger partial charge in [0.15, 0.2) is 0 Å². The number of rotatable bonds is 2. The SMILES string of the molecule is O=C(Nc1ccc(Br)cc1)N(C1=NCCCCC1)C1CCCCC1. The van der Waals surface area contributed by atoms with Crippen LogP contribution in [0, 0.1) is 0 Å². The molecule has 0 atom stereocenters. The summed E-state index contributed by atoms with van der Waals surface area (Å²) < 4.78 is 1.01. The van der Waals surface area contributed by atoms with Crippen LogP contribution in [-0.2, 0) is 0 Å². The minimum Gasteiger partial charge on any atom is -0.308 e. The largest absolute Gasteiger partial charge is 0.327 e. The predicted octanol–water partition coefficient (Wildman–Crippen LogP) is 5.59. The molecule has 130 valence electrons. The zero-order valence-corrected chi connectivity index (χ0v) is 15.7. The van der Waals surface area contributed by atoms with Gasteiger partial charge in [-0.2, -0.15) is 0 Å². The second-order valence-electron chi connectivity index (χ2n) is 6.71.